The maximum Gasteiger partial charge on any atom is 0.290 e. The fourth-order valence-electron chi connectivity index (χ4n) is 4.51. The maximum atomic E-state index is 8.36. The first-order chi connectivity index (χ1) is 18.1. The number of ether oxygens (including phenoxy) is 1. The van der Waals surface area contributed by atoms with E-state index in [2.05, 4.69) is 86.4 Å². The Bertz CT molecular complexity index is 851. The third kappa shape index (κ3) is 14.1. The molecule has 8 nitrogen and oxygen atoms in total. The van der Waals surface area contributed by atoms with E-state index in [4.69, 9.17) is 20.4 Å². The van der Waals surface area contributed by atoms with Crippen molar-refractivity contribution in [3.05, 3.63) is 30.0 Å². The summed E-state index contributed by atoms with van der Waals surface area (Å²) < 4.78 is 8.00. The number of aromatic nitrogens is 1. The monoisotopic (exact) mass is 535 g/mol. The summed E-state index contributed by atoms with van der Waals surface area (Å²) in [7, 11) is 11.9. The van der Waals surface area contributed by atoms with Crippen molar-refractivity contribution < 1.29 is 14.6 Å². The molecule has 38 heavy (non-hydrogen) atoms. The van der Waals surface area contributed by atoms with E-state index in [-0.39, 0.29) is 6.47 Å². The predicted molar refractivity (Wildman–Crippen MR) is 162 cm³/mol. The van der Waals surface area contributed by atoms with Crippen LogP contribution >= 0.6 is 0 Å². The van der Waals surface area contributed by atoms with Gasteiger partial charge in [0.15, 0.2) is 0 Å². The molecule has 0 bridgehead atoms. The molecule has 5 N–H and O–H groups in total. The van der Waals surface area contributed by atoms with E-state index >= 15 is 0 Å². The summed E-state index contributed by atoms with van der Waals surface area (Å²) in [4.78, 5) is 10.6. The zero-order valence-electron chi connectivity index (χ0n) is 25.6. The van der Waals surface area contributed by atoms with Gasteiger partial charge in [0.25, 0.3) is 6.47 Å². The molecule has 0 amide bonds. The van der Waals surface area contributed by atoms with Gasteiger partial charge in [0, 0.05) is 42.3 Å². The SMILES string of the molecule is CC(C)CCC(C)N.CNC.CNC1CCC(n2cc(CCN(C)C)c3ccc(OC)cc32)CC1.O=CO. The molecule has 8 heteroatoms. The first kappa shape index (κ1) is 35.9. The molecule has 0 spiro atoms. The molecule has 3 rings (SSSR count). The van der Waals surface area contributed by atoms with Gasteiger partial charge in [-0.05, 0) is 111 Å². The lowest BCUT2D eigenvalue weighted by atomic mass is 9.91. The number of benzene rings is 1. The molecule has 1 saturated carbocycles. The average Bonchev–Trinajstić information content (AvgIpc) is 3.25. The molecule has 1 aliphatic carbocycles. The number of fused-ring (bicyclic) bond motifs is 1. The summed E-state index contributed by atoms with van der Waals surface area (Å²) in [5.41, 5.74) is 8.33. The van der Waals surface area contributed by atoms with E-state index < -0.39 is 0 Å². The average molecular weight is 536 g/mol. The summed E-state index contributed by atoms with van der Waals surface area (Å²) >= 11 is 0. The topological polar surface area (TPSA) is 105 Å². The number of hydrogen-bond acceptors (Lipinski definition) is 6. The van der Waals surface area contributed by atoms with Gasteiger partial charge in [-0.2, -0.15) is 0 Å². The fourth-order valence-corrected chi connectivity index (χ4v) is 4.51. The molecule has 0 saturated heterocycles. The van der Waals surface area contributed by atoms with Crippen LogP contribution in [0, 0.1) is 5.92 Å². The van der Waals surface area contributed by atoms with Crippen molar-refractivity contribution in [3.63, 3.8) is 0 Å². The number of carbonyl (C=O) groups is 1. The predicted octanol–water partition coefficient (Wildman–Crippen LogP) is 4.76. The Kier molecular flexibility index (Phi) is 19.6. The highest BCUT2D eigenvalue weighted by Gasteiger charge is 2.23. The Morgan fingerprint density at radius 1 is 1.13 bits per heavy atom. The number of methoxy groups -OCH3 is 1. The third-order valence-corrected chi connectivity index (χ3v) is 6.65. The van der Waals surface area contributed by atoms with E-state index in [0.717, 1.165) is 31.1 Å². The van der Waals surface area contributed by atoms with Crippen molar-refractivity contribution in [2.75, 3.05) is 48.9 Å². The van der Waals surface area contributed by atoms with Gasteiger partial charge in [-0.15, -0.1) is 0 Å². The van der Waals surface area contributed by atoms with Crippen LogP contribution in [-0.4, -0.2) is 82.0 Å². The Labute approximate surface area is 232 Å². The summed E-state index contributed by atoms with van der Waals surface area (Å²) in [6.07, 6.45) is 10.9. The number of nitrogens with two attached hydrogens (primary N) is 1. The van der Waals surface area contributed by atoms with Crippen LogP contribution in [0.1, 0.15) is 70.9 Å². The first-order valence-electron chi connectivity index (χ1n) is 14.0. The van der Waals surface area contributed by atoms with E-state index in [9.17, 15) is 0 Å². The summed E-state index contributed by atoms with van der Waals surface area (Å²) in [6, 6.07) is 8.21. The Hall–Kier alpha value is -2.13. The molecule has 2 aromatic rings. The van der Waals surface area contributed by atoms with Crippen LogP contribution in [0.15, 0.2) is 24.4 Å². The van der Waals surface area contributed by atoms with E-state index in [1.807, 2.05) is 14.1 Å². The fraction of sp³-hybridized carbons (Fsp3) is 0.700. The largest absolute Gasteiger partial charge is 0.497 e. The van der Waals surface area contributed by atoms with Crippen LogP contribution in [0.2, 0.25) is 0 Å². The number of nitrogens with zero attached hydrogens (tertiary/aromatic N) is 2. The first-order valence-corrected chi connectivity index (χ1v) is 14.0. The van der Waals surface area contributed by atoms with Gasteiger partial charge >= 0.3 is 0 Å². The molecule has 1 aromatic heterocycles. The molecule has 1 fully saturated rings. The number of hydrogen-bond donors (Lipinski definition) is 4. The second kappa shape index (κ2) is 20.8. The van der Waals surface area contributed by atoms with Crippen LogP contribution in [0.25, 0.3) is 10.9 Å². The molecular formula is C30H57N5O3. The highest BCUT2D eigenvalue weighted by Crippen LogP contribution is 2.35. The minimum Gasteiger partial charge on any atom is -0.497 e. The molecule has 0 radical (unpaired) electrons. The number of carboxylic acid groups (broad SMARTS) is 1. The van der Waals surface area contributed by atoms with E-state index in [1.54, 1.807) is 7.11 Å². The summed E-state index contributed by atoms with van der Waals surface area (Å²) in [5, 5.41) is 14.5. The minimum atomic E-state index is -0.250. The second-order valence-electron chi connectivity index (χ2n) is 10.8. The smallest absolute Gasteiger partial charge is 0.290 e. The van der Waals surface area contributed by atoms with Gasteiger partial charge in [0.1, 0.15) is 5.75 Å². The summed E-state index contributed by atoms with van der Waals surface area (Å²) in [5.74, 6) is 1.76. The van der Waals surface area contributed by atoms with Gasteiger partial charge in [-0.1, -0.05) is 13.8 Å². The van der Waals surface area contributed by atoms with Crippen LogP contribution in [-0.2, 0) is 11.2 Å². The van der Waals surface area contributed by atoms with Gasteiger partial charge in [0.05, 0.1) is 12.6 Å². The molecular weight excluding hydrogens is 478 g/mol. The van der Waals surface area contributed by atoms with E-state index in [1.165, 1.54) is 48.6 Å². The molecule has 220 valence electrons. The lowest BCUT2D eigenvalue weighted by molar-refractivity contribution is -0.122. The van der Waals surface area contributed by atoms with Gasteiger partial charge in [-0.25, -0.2) is 0 Å². The van der Waals surface area contributed by atoms with E-state index in [0.29, 0.717) is 18.1 Å². The van der Waals surface area contributed by atoms with Gasteiger partial charge in [-0.3, -0.25) is 4.79 Å². The highest BCUT2D eigenvalue weighted by molar-refractivity contribution is 5.85. The van der Waals surface area contributed by atoms with Crippen LogP contribution in [0.4, 0.5) is 0 Å². The minimum absolute atomic E-state index is 0.250. The third-order valence-electron chi connectivity index (χ3n) is 6.65. The number of rotatable bonds is 9. The molecule has 1 aliphatic rings. The van der Waals surface area contributed by atoms with Crippen LogP contribution in [0.3, 0.4) is 0 Å². The number of likely N-dealkylation sites (N-methyl/N-ethyl adjacent to an activating group) is 1. The molecule has 1 atom stereocenters. The van der Waals surface area contributed by atoms with Crippen LogP contribution in [0.5, 0.6) is 5.75 Å². The summed E-state index contributed by atoms with van der Waals surface area (Å²) in [6.45, 7) is 7.34. The maximum absolute atomic E-state index is 8.36. The second-order valence-corrected chi connectivity index (χ2v) is 10.8. The molecule has 1 unspecified atom stereocenters. The van der Waals surface area contributed by atoms with Crippen molar-refractivity contribution in [2.45, 2.75) is 83.8 Å². The number of nitrogens with one attached hydrogen (secondary N) is 2. The standard InChI is InChI=1S/C20H31N3O.C7H17N.C2H7N.CH2O2/c1-21-16-5-7-17(8-6-16)23-14-15(11-12-22(2)3)19-10-9-18(24-4)13-20(19)23;1-6(2)4-5-7(3)8;1-3-2;2-1-3/h9-10,13-14,16-17,21H,5-8,11-12H2,1-4H3;6-7H,4-5,8H2,1-3H3;3H,1-2H3;1H,(H,2,3). The zero-order chi connectivity index (χ0) is 29.1. The lowest BCUT2D eigenvalue weighted by Gasteiger charge is -2.30. The molecule has 1 heterocycles. The van der Waals surface area contributed by atoms with Crippen LogP contribution < -0.4 is 21.1 Å². The highest BCUT2D eigenvalue weighted by atomic mass is 16.5. The Morgan fingerprint density at radius 2 is 1.71 bits per heavy atom. The lowest BCUT2D eigenvalue weighted by Crippen LogP contribution is -2.30. The van der Waals surface area contributed by atoms with Crippen molar-refractivity contribution in [1.29, 1.82) is 0 Å². The Balaban J connectivity index is 0.000000816. The molecule has 0 aliphatic heterocycles. The Morgan fingerprint density at radius 3 is 2.13 bits per heavy atom. The quantitative estimate of drug-likeness (QED) is 0.343. The van der Waals surface area contributed by atoms with Crippen molar-refractivity contribution >= 4 is 17.4 Å². The van der Waals surface area contributed by atoms with Gasteiger partial charge in [0.2, 0.25) is 0 Å². The van der Waals surface area contributed by atoms with Crippen molar-refractivity contribution in [3.8, 4) is 5.75 Å². The normalized spacial score (nSPS) is 17.5. The van der Waals surface area contributed by atoms with Crippen molar-refractivity contribution in [1.82, 2.24) is 20.1 Å². The van der Waals surface area contributed by atoms with Gasteiger partial charge < -0.3 is 35.7 Å². The van der Waals surface area contributed by atoms with Crippen molar-refractivity contribution in [2.24, 2.45) is 11.7 Å². The zero-order valence-corrected chi connectivity index (χ0v) is 25.6. The molecule has 1 aromatic carbocycles.